The van der Waals surface area contributed by atoms with Crippen LogP contribution in [0.3, 0.4) is 0 Å². The minimum Gasteiger partial charge on any atom is -0.493 e. The Balaban J connectivity index is 1.55. The summed E-state index contributed by atoms with van der Waals surface area (Å²) in [6, 6.07) is 14.8. The van der Waals surface area contributed by atoms with Gasteiger partial charge in [0, 0.05) is 20.4 Å². The number of fused-ring (bicyclic) bond motifs is 2. The van der Waals surface area contributed by atoms with E-state index in [1.807, 2.05) is 49.4 Å². The quantitative estimate of drug-likeness (QED) is 0.201. The van der Waals surface area contributed by atoms with Gasteiger partial charge in [0.1, 0.15) is 12.4 Å². The number of methoxy groups -OCH3 is 1. The average molecular weight is 643 g/mol. The molecule has 0 fully saturated rings. The van der Waals surface area contributed by atoms with Crippen molar-refractivity contribution < 1.29 is 18.9 Å². The van der Waals surface area contributed by atoms with Gasteiger partial charge >= 0.3 is 0 Å². The Morgan fingerprint density at radius 3 is 2.71 bits per heavy atom. The number of nitrogens with zero attached hydrogens (tertiary/aromatic N) is 3. The molecule has 2 heterocycles. The van der Waals surface area contributed by atoms with Crippen molar-refractivity contribution in [2.45, 2.75) is 32.8 Å². The largest absolute Gasteiger partial charge is 0.493 e. The molecule has 0 aliphatic carbocycles. The molecule has 0 radical (unpaired) electrons. The van der Waals surface area contributed by atoms with E-state index in [0.717, 1.165) is 20.9 Å². The first-order chi connectivity index (χ1) is 18.4. The lowest BCUT2D eigenvalue weighted by atomic mass is 10.1. The van der Waals surface area contributed by atoms with Crippen molar-refractivity contribution in [1.29, 1.82) is 0 Å². The zero-order chi connectivity index (χ0) is 26.8. The van der Waals surface area contributed by atoms with Crippen molar-refractivity contribution in [1.82, 2.24) is 9.66 Å². The Kier molecular flexibility index (Phi) is 7.71. The van der Waals surface area contributed by atoms with E-state index in [1.165, 1.54) is 4.68 Å². The molecule has 0 bridgehead atoms. The fourth-order valence-electron chi connectivity index (χ4n) is 4.08. The smallest absolute Gasteiger partial charge is 0.282 e. The predicted molar refractivity (Wildman–Crippen MR) is 153 cm³/mol. The number of benzene rings is 3. The van der Waals surface area contributed by atoms with Gasteiger partial charge in [-0.25, -0.2) is 4.98 Å². The van der Waals surface area contributed by atoms with Gasteiger partial charge in [0.2, 0.25) is 6.79 Å². The molecule has 196 valence electrons. The Morgan fingerprint density at radius 1 is 1.11 bits per heavy atom. The van der Waals surface area contributed by atoms with E-state index >= 15 is 0 Å². The second kappa shape index (κ2) is 11.2. The van der Waals surface area contributed by atoms with Crippen LogP contribution in [0.15, 0.2) is 67.4 Å². The molecule has 10 heteroatoms. The lowest BCUT2D eigenvalue weighted by Gasteiger charge is -2.16. The molecule has 38 heavy (non-hydrogen) atoms. The second-order valence-electron chi connectivity index (χ2n) is 8.80. The molecule has 1 aromatic heterocycles. The van der Waals surface area contributed by atoms with Gasteiger partial charge in [-0.15, -0.1) is 0 Å². The maximum Gasteiger partial charge on any atom is 0.282 e. The van der Waals surface area contributed by atoms with E-state index in [1.54, 1.807) is 19.4 Å². The van der Waals surface area contributed by atoms with Gasteiger partial charge in [0.15, 0.2) is 23.0 Å². The van der Waals surface area contributed by atoms with Crippen LogP contribution >= 0.6 is 31.9 Å². The summed E-state index contributed by atoms with van der Waals surface area (Å²) in [6.07, 6.45) is 2.40. The zero-order valence-electron chi connectivity index (χ0n) is 21.0. The number of ether oxygens (including phenoxy) is 4. The molecule has 3 aromatic carbocycles. The minimum atomic E-state index is -0.243. The summed E-state index contributed by atoms with van der Waals surface area (Å²) in [4.78, 5) is 18.3. The van der Waals surface area contributed by atoms with E-state index in [-0.39, 0.29) is 24.9 Å². The number of hydrogen-bond acceptors (Lipinski definition) is 7. The van der Waals surface area contributed by atoms with Crippen molar-refractivity contribution in [3.8, 4) is 23.0 Å². The van der Waals surface area contributed by atoms with Crippen LogP contribution in [0.5, 0.6) is 23.0 Å². The van der Waals surface area contributed by atoms with E-state index in [0.29, 0.717) is 45.3 Å². The van der Waals surface area contributed by atoms with Crippen LogP contribution in [0.25, 0.3) is 10.9 Å². The predicted octanol–water partition coefficient (Wildman–Crippen LogP) is 6.63. The van der Waals surface area contributed by atoms with Crippen LogP contribution in [0.4, 0.5) is 0 Å². The normalized spacial score (nSPS) is 13.3. The second-order valence-corrected chi connectivity index (χ2v) is 10.6. The molecule has 0 saturated heterocycles. The summed E-state index contributed by atoms with van der Waals surface area (Å²) in [6.45, 7) is 4.55. The molecule has 0 amide bonds. The van der Waals surface area contributed by atoms with Crippen molar-refractivity contribution >= 4 is 49.0 Å². The first kappa shape index (κ1) is 26.2. The molecular weight excluding hydrogens is 618 g/mol. The van der Waals surface area contributed by atoms with Gasteiger partial charge < -0.3 is 18.9 Å². The van der Waals surface area contributed by atoms with Crippen LogP contribution in [0.1, 0.15) is 43.1 Å². The van der Waals surface area contributed by atoms with Crippen LogP contribution in [0.2, 0.25) is 0 Å². The number of hydrogen-bond donors (Lipinski definition) is 0. The summed E-state index contributed by atoms with van der Waals surface area (Å²) < 4.78 is 25.7. The van der Waals surface area contributed by atoms with Crippen molar-refractivity contribution in [2.75, 3.05) is 13.9 Å². The average Bonchev–Trinajstić information content (AvgIpc) is 3.39. The molecule has 1 aliphatic rings. The molecule has 1 aliphatic heterocycles. The number of halogens is 2. The van der Waals surface area contributed by atoms with Crippen LogP contribution in [0, 0.1) is 0 Å². The van der Waals surface area contributed by atoms with E-state index in [9.17, 15) is 4.79 Å². The third kappa shape index (κ3) is 5.28. The Hall–Kier alpha value is -3.37. The third-order valence-corrected chi connectivity index (χ3v) is 7.24. The maximum atomic E-state index is 13.5. The van der Waals surface area contributed by atoms with Gasteiger partial charge in [0.05, 0.1) is 24.2 Å². The highest BCUT2D eigenvalue weighted by molar-refractivity contribution is 9.10. The molecule has 0 unspecified atom stereocenters. The van der Waals surface area contributed by atoms with Crippen molar-refractivity contribution in [2.24, 2.45) is 5.10 Å². The monoisotopic (exact) mass is 641 g/mol. The Bertz CT molecular complexity index is 1600. The van der Waals surface area contributed by atoms with Crippen LogP contribution < -0.4 is 24.5 Å². The van der Waals surface area contributed by atoms with Gasteiger partial charge in [-0.3, -0.25) is 4.79 Å². The summed E-state index contributed by atoms with van der Waals surface area (Å²) in [7, 11) is 1.58. The Labute approximate surface area is 236 Å². The first-order valence-corrected chi connectivity index (χ1v) is 13.6. The van der Waals surface area contributed by atoms with E-state index in [2.05, 4.69) is 43.9 Å². The summed E-state index contributed by atoms with van der Waals surface area (Å²) in [5, 5.41) is 5.09. The maximum absolute atomic E-state index is 13.5. The number of aromatic nitrogens is 2. The van der Waals surface area contributed by atoms with Gasteiger partial charge in [0.25, 0.3) is 5.56 Å². The van der Waals surface area contributed by atoms with E-state index < -0.39 is 0 Å². The number of rotatable bonds is 8. The van der Waals surface area contributed by atoms with Crippen molar-refractivity contribution in [3.63, 3.8) is 0 Å². The third-order valence-electron chi connectivity index (χ3n) is 6.29. The van der Waals surface area contributed by atoms with Crippen LogP contribution in [-0.2, 0) is 6.61 Å². The standard InChI is InChI=1S/C28H25Br2N3O5/c1-4-16(2)27-32-22-7-6-19(29)11-21(22)28(34)33(27)31-13-18-10-20(30)12-25(35-3)26(18)36-14-17-5-8-23-24(9-17)38-15-37-23/h5-13,16H,4,14-15H2,1-3H3/t16-/m0/s1. The molecule has 1 atom stereocenters. The van der Waals surface area contributed by atoms with Gasteiger partial charge in [-0.05, 0) is 54.4 Å². The summed E-state index contributed by atoms with van der Waals surface area (Å²) >= 11 is 6.98. The lowest BCUT2D eigenvalue weighted by molar-refractivity contribution is 0.174. The highest BCUT2D eigenvalue weighted by Crippen LogP contribution is 2.36. The zero-order valence-corrected chi connectivity index (χ0v) is 24.2. The highest BCUT2D eigenvalue weighted by atomic mass is 79.9. The molecule has 5 rings (SSSR count). The minimum absolute atomic E-state index is 0.0201. The van der Waals surface area contributed by atoms with E-state index in [4.69, 9.17) is 23.9 Å². The first-order valence-electron chi connectivity index (χ1n) is 12.0. The van der Waals surface area contributed by atoms with Crippen LogP contribution in [-0.4, -0.2) is 29.8 Å². The van der Waals surface area contributed by atoms with Crippen molar-refractivity contribution in [3.05, 3.63) is 84.8 Å². The molecule has 4 aromatic rings. The fourth-order valence-corrected chi connectivity index (χ4v) is 4.89. The molecule has 0 spiro atoms. The fraction of sp³-hybridized carbons (Fsp3) is 0.250. The molecule has 0 saturated carbocycles. The topological polar surface area (TPSA) is 84.2 Å². The Morgan fingerprint density at radius 2 is 1.92 bits per heavy atom. The summed E-state index contributed by atoms with van der Waals surface area (Å²) in [5.41, 5.74) is 1.93. The molecule has 8 nitrogen and oxygen atoms in total. The van der Waals surface area contributed by atoms with Gasteiger partial charge in [-0.2, -0.15) is 9.78 Å². The summed E-state index contributed by atoms with van der Waals surface area (Å²) in [5.74, 6) is 3.02. The molecular formula is C28H25Br2N3O5. The molecule has 0 N–H and O–H groups in total. The lowest BCUT2D eigenvalue weighted by Crippen LogP contribution is -2.23. The van der Waals surface area contributed by atoms with Gasteiger partial charge in [-0.1, -0.05) is 51.8 Å². The highest BCUT2D eigenvalue weighted by Gasteiger charge is 2.18. The SMILES string of the molecule is CC[C@H](C)c1nc2ccc(Br)cc2c(=O)n1N=Cc1cc(Br)cc(OC)c1OCc1ccc2c(c1)OCO2.